The van der Waals surface area contributed by atoms with Crippen LogP contribution in [0, 0.1) is 0 Å². The quantitative estimate of drug-likeness (QED) is 0.0964. The Bertz CT molecular complexity index is 1670. The van der Waals surface area contributed by atoms with Gasteiger partial charge in [-0.05, 0) is 106 Å². The summed E-state index contributed by atoms with van der Waals surface area (Å²) in [5.41, 5.74) is 2.48. The number of halogens is 2. The van der Waals surface area contributed by atoms with Crippen LogP contribution in [0.25, 0.3) is 49.0 Å². The van der Waals surface area contributed by atoms with Gasteiger partial charge in [0.15, 0.2) is 10.0 Å². The Morgan fingerprint density at radius 3 is 1.23 bits per heavy atom. The van der Waals surface area contributed by atoms with Gasteiger partial charge in [-0.1, -0.05) is 52.4 Å². The largest absolute Gasteiger partial charge is 0.238 e. The lowest BCUT2D eigenvalue weighted by atomic mass is 10.1. The molecule has 44 heavy (non-hydrogen) atoms. The zero-order valence-corrected chi connectivity index (χ0v) is 32.9. The minimum absolute atomic E-state index is 1.02. The molecule has 0 saturated heterocycles. The number of thiazole rings is 2. The normalized spacial score (nSPS) is 11.6. The molecule has 0 fully saturated rings. The molecule has 0 aliphatic heterocycles. The van der Waals surface area contributed by atoms with Crippen molar-refractivity contribution in [2.24, 2.45) is 0 Å². The Hall–Kier alpha value is -0.980. The van der Waals surface area contributed by atoms with Gasteiger partial charge in [0.05, 0.1) is 28.7 Å². The number of thiophene rings is 4. The summed E-state index contributed by atoms with van der Waals surface area (Å²) in [6.45, 7) is 4.55. The second kappa shape index (κ2) is 15.7. The molecule has 230 valence electrons. The molecule has 0 unspecified atom stereocenters. The monoisotopic (exact) mass is 820 g/mol. The Labute approximate surface area is 301 Å². The van der Waals surface area contributed by atoms with Gasteiger partial charge in [0.2, 0.25) is 0 Å². The smallest absolute Gasteiger partial charge is 0.153 e. The molecule has 6 aromatic heterocycles. The van der Waals surface area contributed by atoms with Gasteiger partial charge in [-0.2, -0.15) is 0 Å². The van der Waals surface area contributed by atoms with Crippen LogP contribution in [0.4, 0.5) is 0 Å². The summed E-state index contributed by atoms with van der Waals surface area (Å²) in [6.07, 6.45) is 12.0. The summed E-state index contributed by atoms with van der Waals surface area (Å²) < 4.78 is 2.34. The topological polar surface area (TPSA) is 25.8 Å². The molecule has 0 aliphatic carbocycles. The lowest BCUT2D eigenvalue weighted by molar-refractivity contribution is 0.662. The van der Waals surface area contributed by atoms with E-state index in [9.17, 15) is 0 Å². The molecule has 0 spiro atoms. The third-order valence-electron chi connectivity index (χ3n) is 7.40. The first-order valence-corrected chi connectivity index (χ1v) is 21.7. The van der Waals surface area contributed by atoms with Gasteiger partial charge >= 0.3 is 0 Å². The van der Waals surface area contributed by atoms with Crippen LogP contribution in [0.15, 0.2) is 56.1 Å². The van der Waals surface area contributed by atoms with Crippen LogP contribution >= 0.6 is 99.9 Å². The van der Waals surface area contributed by atoms with Crippen molar-refractivity contribution in [3.63, 3.8) is 0 Å². The molecule has 10 heteroatoms. The van der Waals surface area contributed by atoms with Crippen molar-refractivity contribution < 1.29 is 0 Å². The highest BCUT2D eigenvalue weighted by Crippen LogP contribution is 2.47. The summed E-state index contributed by atoms with van der Waals surface area (Å²) in [5.74, 6) is 0. The third kappa shape index (κ3) is 7.93. The highest BCUT2D eigenvalue weighted by molar-refractivity contribution is 9.11. The van der Waals surface area contributed by atoms with E-state index in [4.69, 9.17) is 9.97 Å². The fraction of sp³-hybridized carbons (Fsp3) is 0.353. The van der Waals surface area contributed by atoms with E-state index < -0.39 is 0 Å². The molecule has 0 aliphatic rings. The maximum atomic E-state index is 5.32. The highest BCUT2D eigenvalue weighted by atomic mass is 79.9. The first-order valence-electron chi connectivity index (χ1n) is 15.2. The van der Waals surface area contributed by atoms with Gasteiger partial charge in [0, 0.05) is 29.3 Å². The van der Waals surface area contributed by atoms with E-state index in [-0.39, 0.29) is 0 Å². The molecule has 0 bridgehead atoms. The second-order valence-corrected chi connectivity index (χ2v) is 19.8. The van der Waals surface area contributed by atoms with Crippen LogP contribution < -0.4 is 0 Å². The number of aryl methyl sites for hydroxylation is 2. The fourth-order valence-corrected chi connectivity index (χ4v) is 12.6. The van der Waals surface area contributed by atoms with Gasteiger partial charge in [0.25, 0.3) is 0 Å². The fourth-order valence-electron chi connectivity index (χ4n) is 5.13. The van der Waals surface area contributed by atoms with E-state index in [1.54, 1.807) is 22.7 Å². The van der Waals surface area contributed by atoms with Gasteiger partial charge in [-0.15, -0.1) is 68.0 Å². The zero-order valence-electron chi connectivity index (χ0n) is 24.8. The minimum Gasteiger partial charge on any atom is -0.238 e. The second-order valence-electron chi connectivity index (χ2n) is 10.7. The molecular weight excluding hydrogens is 789 g/mol. The summed E-state index contributed by atoms with van der Waals surface area (Å²) in [5, 5.41) is 2.15. The van der Waals surface area contributed by atoms with E-state index in [0.717, 1.165) is 22.9 Å². The number of aromatic nitrogens is 2. The summed E-state index contributed by atoms with van der Waals surface area (Å²) in [7, 11) is 0. The van der Waals surface area contributed by atoms with Crippen molar-refractivity contribution in [3.05, 3.63) is 67.5 Å². The van der Waals surface area contributed by atoms with Crippen molar-refractivity contribution in [1.82, 2.24) is 9.97 Å². The third-order valence-corrected chi connectivity index (χ3v) is 15.9. The van der Waals surface area contributed by atoms with Gasteiger partial charge < -0.3 is 0 Å². The van der Waals surface area contributed by atoms with E-state index >= 15 is 0 Å². The van der Waals surface area contributed by atoms with E-state index in [1.165, 1.54) is 109 Å². The molecule has 0 N–H and O–H groups in total. The zero-order chi connectivity index (χ0) is 30.5. The molecule has 2 nitrogen and oxygen atoms in total. The van der Waals surface area contributed by atoms with Gasteiger partial charge in [0.1, 0.15) is 0 Å². The number of nitrogens with zero attached hydrogens (tertiary/aromatic N) is 2. The Kier molecular flexibility index (Phi) is 11.8. The van der Waals surface area contributed by atoms with E-state index in [0.29, 0.717) is 0 Å². The molecule has 0 atom stereocenters. The Balaban J connectivity index is 1.35. The Morgan fingerprint density at radius 1 is 0.455 bits per heavy atom. The van der Waals surface area contributed by atoms with Crippen LogP contribution in [0.1, 0.15) is 76.6 Å². The summed E-state index contributed by atoms with van der Waals surface area (Å²) in [6, 6.07) is 17.8. The minimum atomic E-state index is 1.02. The lowest BCUT2D eigenvalue weighted by Gasteiger charge is -2.00. The molecule has 0 saturated carbocycles. The van der Waals surface area contributed by atoms with Crippen molar-refractivity contribution >= 4 is 99.9 Å². The van der Waals surface area contributed by atoms with Crippen LogP contribution in [-0.2, 0) is 12.8 Å². The standard InChI is InChI=1S/C34H34Br2N2S6/c1-3-5-7-9-11-21-31(27-15-13-23(39-27)25-17-19-29(35)41-25)43-33(37-21)34-38-22(12-10-8-6-4-2)32(44-34)28-16-14-24(40-28)26-18-20-30(36)42-26/h13-20H,3-12H2,1-2H3. The molecule has 6 heterocycles. The number of unbranched alkanes of at least 4 members (excludes halogenated alkanes) is 6. The summed E-state index contributed by atoms with van der Waals surface area (Å²) in [4.78, 5) is 21.2. The van der Waals surface area contributed by atoms with Crippen molar-refractivity contribution in [3.8, 4) is 49.0 Å². The van der Waals surface area contributed by atoms with Crippen molar-refractivity contribution in [1.29, 1.82) is 0 Å². The van der Waals surface area contributed by atoms with Crippen LogP contribution in [-0.4, -0.2) is 9.97 Å². The molecule has 0 radical (unpaired) electrons. The first kappa shape index (κ1) is 32.9. The molecule has 0 aromatic carbocycles. The van der Waals surface area contributed by atoms with Crippen LogP contribution in [0.2, 0.25) is 0 Å². The average Bonchev–Trinajstić information content (AvgIpc) is 3.84. The highest BCUT2D eigenvalue weighted by Gasteiger charge is 2.22. The molecule has 0 amide bonds. The predicted molar refractivity (Wildman–Crippen MR) is 208 cm³/mol. The number of hydrogen-bond donors (Lipinski definition) is 0. The van der Waals surface area contributed by atoms with Crippen molar-refractivity contribution in [2.45, 2.75) is 78.1 Å². The maximum absolute atomic E-state index is 5.32. The summed E-state index contributed by atoms with van der Waals surface area (Å²) >= 11 is 18.3. The van der Waals surface area contributed by atoms with Gasteiger partial charge in [-0.25, -0.2) is 9.97 Å². The predicted octanol–water partition coefficient (Wildman–Crippen LogP) is 15.0. The lowest BCUT2D eigenvalue weighted by Crippen LogP contribution is -1.90. The Morgan fingerprint density at radius 2 is 0.841 bits per heavy atom. The van der Waals surface area contributed by atoms with E-state index in [1.807, 2.05) is 45.3 Å². The van der Waals surface area contributed by atoms with Crippen LogP contribution in [0.5, 0.6) is 0 Å². The number of rotatable bonds is 15. The molecule has 6 aromatic rings. The molecule has 6 rings (SSSR count). The van der Waals surface area contributed by atoms with Gasteiger partial charge in [-0.3, -0.25) is 0 Å². The SMILES string of the molecule is CCCCCCc1nc(-c2nc(CCCCCC)c(-c3ccc(-c4ccc(Br)s4)s3)s2)sc1-c1ccc(-c2ccc(Br)s2)s1. The van der Waals surface area contributed by atoms with Crippen LogP contribution in [0.3, 0.4) is 0 Å². The first-order chi connectivity index (χ1) is 21.5. The number of hydrogen-bond acceptors (Lipinski definition) is 8. The average molecular weight is 823 g/mol. The molecular formula is C34H34Br2N2S6. The maximum Gasteiger partial charge on any atom is 0.153 e. The van der Waals surface area contributed by atoms with E-state index in [2.05, 4.69) is 94.2 Å². The van der Waals surface area contributed by atoms with Crippen molar-refractivity contribution in [2.75, 3.05) is 0 Å².